The average Bonchev–Trinajstić information content (AvgIpc) is 3.09. The van der Waals surface area contributed by atoms with Gasteiger partial charge in [-0.05, 0) is 72.8 Å². The third kappa shape index (κ3) is 4.23. The average molecular weight is 497 g/mol. The highest BCUT2D eigenvalue weighted by molar-refractivity contribution is 6.53. The van der Waals surface area contributed by atoms with Gasteiger partial charge in [0.2, 0.25) is 0 Å². The number of esters is 1. The Kier molecular flexibility index (Phi) is 6.04. The summed E-state index contributed by atoms with van der Waals surface area (Å²) in [4.78, 5) is 39.8. The third-order valence-electron chi connectivity index (χ3n) is 6.11. The van der Waals surface area contributed by atoms with Crippen molar-refractivity contribution in [2.24, 2.45) is 0 Å². The predicted molar refractivity (Wildman–Crippen MR) is 140 cm³/mol. The summed E-state index contributed by atoms with van der Waals surface area (Å²) in [5, 5.41) is 4.39. The SMILES string of the molecule is Cc1ccc(OC(=O)c2ccc(NC3=C(Cl)C(=O)N(c4cccc5ccccc45)C3=O)cc2)cc1C. The number of hydrogen-bond acceptors (Lipinski definition) is 5. The maximum Gasteiger partial charge on any atom is 0.343 e. The molecule has 178 valence electrons. The highest BCUT2D eigenvalue weighted by atomic mass is 35.5. The van der Waals surface area contributed by atoms with E-state index in [1.54, 1.807) is 42.5 Å². The van der Waals surface area contributed by atoms with Crippen LogP contribution < -0.4 is 15.0 Å². The van der Waals surface area contributed by atoms with Crippen molar-refractivity contribution in [3.8, 4) is 5.75 Å². The lowest BCUT2D eigenvalue weighted by atomic mass is 10.1. The molecule has 7 heteroatoms. The lowest BCUT2D eigenvalue weighted by Gasteiger charge is -2.17. The Bertz CT molecular complexity index is 1570. The number of imide groups is 1. The van der Waals surface area contributed by atoms with E-state index in [-0.39, 0.29) is 10.7 Å². The zero-order valence-corrected chi connectivity index (χ0v) is 20.3. The van der Waals surface area contributed by atoms with Crippen molar-refractivity contribution < 1.29 is 19.1 Å². The number of nitrogens with one attached hydrogen (secondary N) is 1. The Hall–Kier alpha value is -4.42. The molecule has 1 aliphatic heterocycles. The minimum Gasteiger partial charge on any atom is -0.423 e. The fourth-order valence-corrected chi connectivity index (χ4v) is 4.22. The minimum atomic E-state index is -0.603. The molecule has 1 heterocycles. The van der Waals surface area contributed by atoms with E-state index >= 15 is 0 Å². The molecule has 4 aromatic rings. The maximum atomic E-state index is 13.2. The van der Waals surface area contributed by atoms with Crippen LogP contribution in [0.3, 0.4) is 0 Å². The van der Waals surface area contributed by atoms with Crippen molar-refractivity contribution in [2.75, 3.05) is 10.2 Å². The number of hydrogen-bond donors (Lipinski definition) is 1. The number of amides is 2. The minimum absolute atomic E-state index is 0.0277. The van der Waals surface area contributed by atoms with Crippen LogP contribution in [0.15, 0.2) is 95.7 Å². The molecule has 0 atom stereocenters. The summed E-state index contributed by atoms with van der Waals surface area (Å²) in [6, 6.07) is 24.7. The Labute approximate surface area is 212 Å². The molecule has 0 radical (unpaired) electrons. The molecule has 0 spiro atoms. The smallest absolute Gasteiger partial charge is 0.343 e. The first-order chi connectivity index (χ1) is 17.3. The van der Waals surface area contributed by atoms with E-state index in [4.69, 9.17) is 16.3 Å². The monoisotopic (exact) mass is 496 g/mol. The molecule has 0 saturated carbocycles. The topological polar surface area (TPSA) is 75.7 Å². The van der Waals surface area contributed by atoms with Crippen LogP contribution in [-0.4, -0.2) is 17.8 Å². The number of carbonyl (C=O) groups excluding carboxylic acids is 3. The van der Waals surface area contributed by atoms with Crippen molar-refractivity contribution in [2.45, 2.75) is 13.8 Å². The van der Waals surface area contributed by atoms with E-state index in [1.165, 1.54) is 0 Å². The number of aryl methyl sites for hydroxylation is 2. The molecular weight excluding hydrogens is 476 g/mol. The maximum absolute atomic E-state index is 13.2. The second kappa shape index (κ2) is 9.32. The molecule has 5 rings (SSSR count). The summed E-state index contributed by atoms with van der Waals surface area (Å²) in [7, 11) is 0. The van der Waals surface area contributed by atoms with Crippen LogP contribution in [0.2, 0.25) is 0 Å². The Morgan fingerprint density at radius 2 is 1.56 bits per heavy atom. The van der Waals surface area contributed by atoms with Gasteiger partial charge in [-0.1, -0.05) is 54.1 Å². The first-order valence-electron chi connectivity index (χ1n) is 11.3. The molecule has 2 amide bonds. The van der Waals surface area contributed by atoms with Gasteiger partial charge in [-0.2, -0.15) is 0 Å². The van der Waals surface area contributed by atoms with Gasteiger partial charge in [0.15, 0.2) is 0 Å². The van der Waals surface area contributed by atoms with Gasteiger partial charge in [-0.15, -0.1) is 0 Å². The lowest BCUT2D eigenvalue weighted by molar-refractivity contribution is -0.120. The van der Waals surface area contributed by atoms with Gasteiger partial charge >= 0.3 is 5.97 Å². The van der Waals surface area contributed by atoms with Crippen LogP contribution in [-0.2, 0) is 9.59 Å². The molecule has 0 aromatic heterocycles. The summed E-state index contributed by atoms with van der Waals surface area (Å²) in [5.41, 5.74) is 3.40. The van der Waals surface area contributed by atoms with Gasteiger partial charge in [0, 0.05) is 11.1 Å². The van der Waals surface area contributed by atoms with E-state index in [2.05, 4.69) is 5.32 Å². The second-order valence-corrected chi connectivity index (χ2v) is 8.85. The van der Waals surface area contributed by atoms with Crippen molar-refractivity contribution in [1.82, 2.24) is 0 Å². The first-order valence-corrected chi connectivity index (χ1v) is 11.6. The number of ether oxygens (including phenoxy) is 1. The van der Waals surface area contributed by atoms with Crippen LogP contribution in [0.1, 0.15) is 21.5 Å². The van der Waals surface area contributed by atoms with Gasteiger partial charge in [-0.3, -0.25) is 9.59 Å². The van der Waals surface area contributed by atoms with Crippen molar-refractivity contribution in [3.05, 3.63) is 112 Å². The summed E-state index contributed by atoms with van der Waals surface area (Å²) >= 11 is 6.30. The van der Waals surface area contributed by atoms with Crippen LogP contribution in [0, 0.1) is 13.8 Å². The van der Waals surface area contributed by atoms with Gasteiger partial charge in [0.1, 0.15) is 16.5 Å². The first kappa shape index (κ1) is 23.3. The highest BCUT2D eigenvalue weighted by Gasteiger charge is 2.39. The van der Waals surface area contributed by atoms with E-state index in [9.17, 15) is 14.4 Å². The van der Waals surface area contributed by atoms with E-state index in [1.807, 2.05) is 56.3 Å². The highest BCUT2D eigenvalue weighted by Crippen LogP contribution is 2.34. The van der Waals surface area contributed by atoms with Crippen LogP contribution in [0.4, 0.5) is 11.4 Å². The zero-order valence-electron chi connectivity index (χ0n) is 19.5. The van der Waals surface area contributed by atoms with Crippen LogP contribution in [0.5, 0.6) is 5.75 Å². The van der Waals surface area contributed by atoms with Crippen LogP contribution >= 0.6 is 11.6 Å². The van der Waals surface area contributed by atoms with E-state index < -0.39 is 17.8 Å². The molecule has 6 nitrogen and oxygen atoms in total. The third-order valence-corrected chi connectivity index (χ3v) is 6.46. The number of benzene rings is 4. The fraction of sp³-hybridized carbons (Fsp3) is 0.0690. The largest absolute Gasteiger partial charge is 0.423 e. The van der Waals surface area contributed by atoms with Crippen molar-refractivity contribution >= 4 is 51.5 Å². The van der Waals surface area contributed by atoms with Gasteiger partial charge in [0.05, 0.1) is 11.3 Å². The standard InChI is InChI=1S/C29H21ClN2O4/c1-17-10-15-22(16-18(17)2)36-29(35)20-11-13-21(14-12-20)31-26-25(30)27(33)32(28(26)34)24-9-5-7-19-6-3-4-8-23(19)24/h3-16,31H,1-2H3. The predicted octanol–water partition coefficient (Wildman–Crippen LogP) is 6.11. The molecular formula is C29H21ClN2O4. The van der Waals surface area contributed by atoms with E-state index in [0.717, 1.165) is 26.8 Å². The molecule has 0 saturated heterocycles. The second-order valence-electron chi connectivity index (χ2n) is 8.47. The summed E-state index contributed by atoms with van der Waals surface area (Å²) in [6.45, 7) is 3.93. The van der Waals surface area contributed by atoms with Crippen LogP contribution in [0.25, 0.3) is 10.8 Å². The van der Waals surface area contributed by atoms with Crippen molar-refractivity contribution in [3.63, 3.8) is 0 Å². The molecule has 0 fully saturated rings. The molecule has 0 unspecified atom stereocenters. The molecule has 36 heavy (non-hydrogen) atoms. The number of carbonyl (C=O) groups is 3. The normalized spacial score (nSPS) is 13.5. The molecule has 1 N–H and O–H groups in total. The Morgan fingerprint density at radius 3 is 2.31 bits per heavy atom. The number of nitrogens with zero attached hydrogens (tertiary/aromatic N) is 1. The zero-order chi connectivity index (χ0) is 25.4. The number of fused-ring (bicyclic) bond motifs is 1. The molecule has 4 aromatic carbocycles. The number of rotatable bonds is 5. The Morgan fingerprint density at radius 1 is 0.833 bits per heavy atom. The molecule has 0 aliphatic carbocycles. The van der Waals surface area contributed by atoms with Gasteiger partial charge < -0.3 is 10.1 Å². The Balaban J connectivity index is 1.34. The van der Waals surface area contributed by atoms with Gasteiger partial charge in [-0.25, -0.2) is 9.69 Å². The van der Waals surface area contributed by atoms with Crippen molar-refractivity contribution in [1.29, 1.82) is 0 Å². The molecule has 1 aliphatic rings. The fourth-order valence-electron chi connectivity index (χ4n) is 4.01. The number of anilines is 2. The number of halogens is 1. The summed E-state index contributed by atoms with van der Waals surface area (Å²) in [6.07, 6.45) is 0. The lowest BCUT2D eigenvalue weighted by Crippen LogP contribution is -2.32. The summed E-state index contributed by atoms with van der Waals surface area (Å²) < 4.78 is 5.46. The van der Waals surface area contributed by atoms with Gasteiger partial charge in [0.25, 0.3) is 11.8 Å². The molecule has 0 bridgehead atoms. The van der Waals surface area contributed by atoms with E-state index in [0.29, 0.717) is 22.7 Å². The summed E-state index contributed by atoms with van der Waals surface area (Å²) in [5.74, 6) is -1.20. The quantitative estimate of drug-likeness (QED) is 0.205.